The Balaban J connectivity index is 1.02. The molecule has 6 rings (SSSR count). The fourth-order valence-corrected chi connectivity index (χ4v) is 7.28. The van der Waals surface area contributed by atoms with Gasteiger partial charge in [-0.3, -0.25) is 14.4 Å². The van der Waals surface area contributed by atoms with Gasteiger partial charge in [0, 0.05) is 54.4 Å². The number of nitrogens with zero attached hydrogens (tertiary/aromatic N) is 1. The van der Waals surface area contributed by atoms with Crippen LogP contribution < -0.4 is 10.6 Å². The summed E-state index contributed by atoms with van der Waals surface area (Å²) in [6.07, 6.45) is 7.71. The fraction of sp³-hybridized carbons (Fsp3) is 0.679. The Kier molecular flexibility index (Phi) is 5.98. The lowest BCUT2D eigenvalue weighted by Crippen LogP contribution is -2.80. The van der Waals surface area contributed by atoms with Gasteiger partial charge < -0.3 is 20.6 Å². The molecule has 2 bridgehead atoms. The van der Waals surface area contributed by atoms with E-state index in [1.54, 1.807) is 0 Å². The Morgan fingerprint density at radius 3 is 2.40 bits per heavy atom. The largest absolute Gasteiger partial charge is 0.390 e. The predicted molar refractivity (Wildman–Crippen MR) is 133 cm³/mol. The third-order valence-corrected chi connectivity index (χ3v) is 9.47. The second-order valence-electron chi connectivity index (χ2n) is 12.4. The first-order valence-electron chi connectivity index (χ1n) is 13.2. The van der Waals surface area contributed by atoms with Crippen LogP contribution in [0.15, 0.2) is 30.3 Å². The monoisotopic (exact) mass is 481 g/mol. The number of likely N-dealkylation sites (tertiary alicyclic amines) is 1. The molecular weight excluding hydrogens is 442 g/mol. The molecule has 1 aliphatic heterocycles. The molecule has 1 unspecified atom stereocenters. The molecule has 0 aromatic heterocycles. The zero-order chi connectivity index (χ0) is 24.9. The molecule has 190 valence electrons. The van der Waals surface area contributed by atoms with E-state index in [2.05, 4.69) is 10.6 Å². The maximum absolute atomic E-state index is 12.9. The molecule has 4 saturated carbocycles. The van der Waals surface area contributed by atoms with Crippen LogP contribution in [0.2, 0.25) is 0 Å². The van der Waals surface area contributed by atoms with Crippen LogP contribution >= 0.6 is 0 Å². The number of nitrogens with one attached hydrogen (secondary N) is 2. The van der Waals surface area contributed by atoms with Crippen LogP contribution in [0.5, 0.6) is 0 Å². The van der Waals surface area contributed by atoms with Crippen molar-refractivity contribution >= 4 is 23.4 Å². The van der Waals surface area contributed by atoms with Gasteiger partial charge in [-0.1, -0.05) is 24.6 Å². The molecule has 3 N–H and O–H groups in total. The topological polar surface area (TPSA) is 98.7 Å². The summed E-state index contributed by atoms with van der Waals surface area (Å²) < 4.78 is 0. The Bertz CT molecular complexity index is 973. The summed E-state index contributed by atoms with van der Waals surface area (Å²) >= 11 is 0. The van der Waals surface area contributed by atoms with Crippen molar-refractivity contribution in [3.8, 4) is 0 Å². The van der Waals surface area contributed by atoms with Crippen LogP contribution in [0, 0.1) is 16.7 Å². The standard InChI is InChI=1S/C28H39N3O4/c1-25(2,35)27-15-28(16-27,17-27)30-23(33)14-20-8-7-13-26(20)18-31(19-26)24(34)12-6-11-22(32)29-21-9-4-3-5-10-21/h3-5,9-10,20,35H,6-8,11-19H2,1-2H3,(H,29,32)(H,30,33). The van der Waals surface area contributed by atoms with Crippen LogP contribution in [0.3, 0.4) is 0 Å². The second-order valence-corrected chi connectivity index (χ2v) is 12.4. The normalized spacial score (nSPS) is 30.1. The Morgan fingerprint density at radius 1 is 1.06 bits per heavy atom. The minimum Gasteiger partial charge on any atom is -0.390 e. The van der Waals surface area contributed by atoms with E-state index in [-0.39, 0.29) is 34.1 Å². The summed E-state index contributed by atoms with van der Waals surface area (Å²) in [6.45, 7) is 5.24. The lowest BCUT2D eigenvalue weighted by Gasteiger charge is -2.74. The van der Waals surface area contributed by atoms with E-state index in [4.69, 9.17) is 0 Å². The first-order valence-corrected chi connectivity index (χ1v) is 13.2. The van der Waals surface area contributed by atoms with Crippen LogP contribution in [-0.2, 0) is 14.4 Å². The average Bonchev–Trinajstić information content (AvgIpc) is 3.11. The maximum Gasteiger partial charge on any atom is 0.224 e. The van der Waals surface area contributed by atoms with Crippen molar-refractivity contribution in [2.45, 2.75) is 89.2 Å². The third-order valence-electron chi connectivity index (χ3n) is 9.47. The van der Waals surface area contributed by atoms with E-state index in [1.807, 2.05) is 49.1 Å². The van der Waals surface area contributed by atoms with Crippen LogP contribution in [0.1, 0.15) is 78.1 Å². The highest BCUT2D eigenvalue weighted by molar-refractivity contribution is 5.91. The number of carbonyl (C=O) groups is 3. The van der Waals surface area contributed by atoms with Gasteiger partial charge in [-0.05, 0) is 70.4 Å². The highest BCUT2D eigenvalue weighted by atomic mass is 16.3. The molecule has 7 nitrogen and oxygen atoms in total. The number of carbonyl (C=O) groups excluding carboxylic acids is 3. The van der Waals surface area contributed by atoms with Crippen molar-refractivity contribution < 1.29 is 19.5 Å². The molecule has 1 atom stereocenters. The van der Waals surface area contributed by atoms with Crippen molar-refractivity contribution in [1.29, 1.82) is 0 Å². The number of amides is 3. The van der Waals surface area contributed by atoms with Gasteiger partial charge in [-0.2, -0.15) is 0 Å². The molecule has 3 amide bonds. The summed E-state index contributed by atoms with van der Waals surface area (Å²) in [6, 6.07) is 9.35. The molecule has 1 spiro atoms. The average molecular weight is 482 g/mol. The Hall–Kier alpha value is -2.41. The number of benzene rings is 1. The lowest BCUT2D eigenvalue weighted by atomic mass is 9.35. The van der Waals surface area contributed by atoms with Crippen LogP contribution in [0.4, 0.5) is 5.69 Å². The van der Waals surface area contributed by atoms with E-state index in [1.165, 1.54) is 0 Å². The molecular formula is C28H39N3O4. The summed E-state index contributed by atoms with van der Waals surface area (Å²) in [5.74, 6) is 0.514. The van der Waals surface area contributed by atoms with Gasteiger partial charge in [0.25, 0.3) is 0 Å². The molecule has 4 aliphatic carbocycles. The highest BCUT2D eigenvalue weighted by Crippen LogP contribution is 2.71. The van der Waals surface area contributed by atoms with E-state index >= 15 is 0 Å². The van der Waals surface area contributed by atoms with Crippen molar-refractivity contribution in [2.24, 2.45) is 16.7 Å². The van der Waals surface area contributed by atoms with E-state index in [9.17, 15) is 19.5 Å². The van der Waals surface area contributed by atoms with Crippen molar-refractivity contribution in [1.82, 2.24) is 10.2 Å². The minimum atomic E-state index is -0.678. The van der Waals surface area contributed by atoms with Crippen LogP contribution in [-0.4, -0.2) is 52.0 Å². The summed E-state index contributed by atoms with van der Waals surface area (Å²) in [4.78, 5) is 39.6. The third kappa shape index (κ3) is 4.48. The van der Waals surface area contributed by atoms with E-state index < -0.39 is 5.60 Å². The SMILES string of the molecule is CC(C)(O)C12CC(NC(=O)CC3CCCC34CN(C(=O)CCCC(=O)Nc3ccccc3)C4)(C1)C2. The zero-order valence-electron chi connectivity index (χ0n) is 21.1. The number of aliphatic hydroxyl groups is 1. The Labute approximate surface area is 208 Å². The van der Waals surface area contributed by atoms with Crippen LogP contribution in [0.25, 0.3) is 0 Å². The molecule has 35 heavy (non-hydrogen) atoms. The molecule has 1 aromatic rings. The molecule has 0 radical (unpaired) electrons. The number of anilines is 1. The van der Waals surface area contributed by atoms with E-state index in [0.717, 1.165) is 57.3 Å². The number of hydrogen-bond donors (Lipinski definition) is 3. The summed E-state index contributed by atoms with van der Waals surface area (Å²) in [5, 5.41) is 16.5. The summed E-state index contributed by atoms with van der Waals surface area (Å²) in [7, 11) is 0. The van der Waals surface area contributed by atoms with E-state index in [0.29, 0.717) is 31.6 Å². The molecule has 1 heterocycles. The van der Waals surface area contributed by atoms with Gasteiger partial charge in [-0.25, -0.2) is 0 Å². The molecule has 7 heteroatoms. The lowest BCUT2D eigenvalue weighted by molar-refractivity contribution is -0.250. The smallest absolute Gasteiger partial charge is 0.224 e. The first-order chi connectivity index (χ1) is 16.5. The zero-order valence-corrected chi connectivity index (χ0v) is 21.1. The number of para-hydroxylation sites is 1. The number of rotatable bonds is 9. The Morgan fingerprint density at radius 2 is 1.74 bits per heavy atom. The highest BCUT2D eigenvalue weighted by Gasteiger charge is 2.73. The molecule has 1 saturated heterocycles. The van der Waals surface area contributed by atoms with Crippen molar-refractivity contribution in [2.75, 3.05) is 18.4 Å². The molecule has 5 aliphatic rings. The second kappa shape index (κ2) is 8.61. The summed E-state index contributed by atoms with van der Waals surface area (Å²) in [5.41, 5.74) is 0.0904. The van der Waals surface area contributed by atoms with Crippen molar-refractivity contribution in [3.05, 3.63) is 30.3 Å². The quantitative estimate of drug-likeness (QED) is 0.502. The van der Waals surface area contributed by atoms with Gasteiger partial charge in [0.2, 0.25) is 17.7 Å². The minimum absolute atomic E-state index is 0.00802. The maximum atomic E-state index is 12.9. The fourth-order valence-electron chi connectivity index (χ4n) is 7.28. The van der Waals surface area contributed by atoms with Gasteiger partial charge >= 0.3 is 0 Å². The number of hydrogen-bond acceptors (Lipinski definition) is 4. The van der Waals surface area contributed by atoms with Gasteiger partial charge in [0.1, 0.15) is 0 Å². The predicted octanol–water partition coefficient (Wildman–Crippen LogP) is 3.62. The first kappa shape index (κ1) is 24.3. The van der Waals surface area contributed by atoms with Gasteiger partial charge in [-0.15, -0.1) is 0 Å². The van der Waals surface area contributed by atoms with Gasteiger partial charge in [0.15, 0.2) is 0 Å². The molecule has 1 aromatic carbocycles. The molecule has 5 fully saturated rings. The van der Waals surface area contributed by atoms with Gasteiger partial charge in [0.05, 0.1) is 5.60 Å². The van der Waals surface area contributed by atoms with Crippen molar-refractivity contribution in [3.63, 3.8) is 0 Å².